The maximum atomic E-state index is 13.8. The predicted octanol–water partition coefficient (Wildman–Crippen LogP) is 4.24. The Hall–Kier alpha value is -3.57. The minimum absolute atomic E-state index is 0.0388. The van der Waals surface area contributed by atoms with Crippen LogP contribution in [0.15, 0.2) is 77.6 Å². The number of nitrogens with zero attached hydrogens (tertiary/aromatic N) is 2. The highest BCUT2D eigenvalue weighted by molar-refractivity contribution is 5.86. The summed E-state index contributed by atoms with van der Waals surface area (Å²) in [6, 6.07) is 23.2. The number of H-pyrrole nitrogens is 1. The highest BCUT2D eigenvalue weighted by Gasteiger charge is 2.18. The molecule has 1 aromatic heterocycles. The largest absolute Gasteiger partial charge is 0.508 e. The molecule has 0 aliphatic carbocycles. The van der Waals surface area contributed by atoms with Gasteiger partial charge in [-0.05, 0) is 42.9 Å². The summed E-state index contributed by atoms with van der Waals surface area (Å²) >= 11 is 0. The summed E-state index contributed by atoms with van der Waals surface area (Å²) in [5.74, 6) is 0.180. The molecule has 0 bridgehead atoms. The van der Waals surface area contributed by atoms with Crippen LogP contribution in [0.2, 0.25) is 0 Å². The molecule has 0 radical (unpaired) electrons. The molecule has 0 atom stereocenters. The highest BCUT2D eigenvalue weighted by atomic mass is 16.3. The zero-order valence-corrected chi connectivity index (χ0v) is 18.2. The van der Waals surface area contributed by atoms with Gasteiger partial charge in [0.2, 0.25) is 0 Å². The summed E-state index contributed by atoms with van der Waals surface area (Å²) in [5, 5.41) is 10.7. The maximum Gasteiger partial charge on any atom is 0.193 e. The lowest BCUT2D eigenvalue weighted by Crippen LogP contribution is -2.44. The van der Waals surface area contributed by atoms with Crippen LogP contribution in [0.3, 0.4) is 0 Å². The molecule has 2 heterocycles. The number of aromatic amines is 1. The van der Waals surface area contributed by atoms with Crippen LogP contribution in [0.4, 0.5) is 5.69 Å². The zero-order chi connectivity index (χ0) is 22.1. The van der Waals surface area contributed by atoms with Gasteiger partial charge in [0.25, 0.3) is 0 Å². The van der Waals surface area contributed by atoms with E-state index in [9.17, 15) is 9.90 Å². The summed E-state index contributed by atoms with van der Waals surface area (Å²) in [6.07, 6.45) is 0.524. The number of anilines is 1. The molecule has 32 heavy (non-hydrogen) atoms. The second kappa shape index (κ2) is 8.52. The first-order valence-electron chi connectivity index (χ1n) is 11.0. The Kier molecular flexibility index (Phi) is 5.41. The van der Waals surface area contributed by atoms with Gasteiger partial charge in [0.1, 0.15) is 5.75 Å². The topological polar surface area (TPSA) is 59.6 Å². The standard InChI is InChI=1S/C27H27N3O2/c1-29-12-14-30(15-13-29)21-10-11-25-23(18-21)27(32)24(16-19-6-3-2-4-7-19)26(28-25)20-8-5-9-22(31)17-20/h2-11,17-18,31H,12-16H2,1H3,(H,28,32). The Morgan fingerprint density at radius 1 is 0.906 bits per heavy atom. The average molecular weight is 426 g/mol. The van der Waals surface area contributed by atoms with Crippen LogP contribution in [0, 0.1) is 0 Å². The molecule has 1 aliphatic heterocycles. The van der Waals surface area contributed by atoms with Crippen molar-refractivity contribution in [1.82, 2.24) is 9.88 Å². The van der Waals surface area contributed by atoms with Crippen LogP contribution >= 0.6 is 0 Å². The number of pyridine rings is 1. The number of aromatic hydroxyl groups is 1. The fraction of sp³-hybridized carbons (Fsp3) is 0.222. The van der Waals surface area contributed by atoms with E-state index >= 15 is 0 Å². The molecule has 3 aromatic carbocycles. The number of piperazine rings is 1. The predicted molar refractivity (Wildman–Crippen MR) is 131 cm³/mol. The summed E-state index contributed by atoms with van der Waals surface area (Å²) in [5.41, 5.74) is 5.29. The van der Waals surface area contributed by atoms with E-state index in [0.29, 0.717) is 17.4 Å². The first-order chi connectivity index (χ1) is 15.6. The highest BCUT2D eigenvalue weighted by Crippen LogP contribution is 2.28. The molecule has 162 valence electrons. The van der Waals surface area contributed by atoms with Crippen molar-refractivity contribution in [2.24, 2.45) is 0 Å². The number of phenols is 1. The molecule has 1 saturated heterocycles. The van der Waals surface area contributed by atoms with E-state index in [0.717, 1.165) is 54.2 Å². The lowest BCUT2D eigenvalue weighted by molar-refractivity contribution is 0.313. The summed E-state index contributed by atoms with van der Waals surface area (Å²) in [6.45, 7) is 3.95. The van der Waals surface area contributed by atoms with E-state index in [4.69, 9.17) is 0 Å². The second-order valence-electron chi connectivity index (χ2n) is 8.54. The van der Waals surface area contributed by atoms with Gasteiger partial charge < -0.3 is 19.9 Å². The van der Waals surface area contributed by atoms with Crippen molar-refractivity contribution in [3.05, 3.63) is 94.1 Å². The molecule has 4 aromatic rings. The fourth-order valence-electron chi connectivity index (χ4n) is 4.45. The molecular weight excluding hydrogens is 398 g/mol. The number of phenolic OH excluding ortho intramolecular Hbond substituents is 1. The Balaban J connectivity index is 1.66. The van der Waals surface area contributed by atoms with E-state index in [2.05, 4.69) is 27.9 Å². The van der Waals surface area contributed by atoms with Gasteiger partial charge in [0, 0.05) is 60.3 Å². The third kappa shape index (κ3) is 3.99. The van der Waals surface area contributed by atoms with Crippen LogP contribution in [0.5, 0.6) is 5.75 Å². The normalized spacial score (nSPS) is 14.7. The quantitative estimate of drug-likeness (QED) is 0.513. The lowest BCUT2D eigenvalue weighted by atomic mass is 9.96. The van der Waals surface area contributed by atoms with Crippen molar-refractivity contribution in [2.45, 2.75) is 6.42 Å². The number of hydrogen-bond acceptors (Lipinski definition) is 4. The van der Waals surface area contributed by atoms with Gasteiger partial charge in [-0.25, -0.2) is 0 Å². The molecule has 5 rings (SSSR count). The van der Waals surface area contributed by atoms with E-state index < -0.39 is 0 Å². The maximum absolute atomic E-state index is 13.8. The average Bonchev–Trinajstić information content (AvgIpc) is 2.82. The first-order valence-corrected chi connectivity index (χ1v) is 11.0. The minimum Gasteiger partial charge on any atom is -0.508 e. The first kappa shape index (κ1) is 20.3. The third-order valence-corrected chi connectivity index (χ3v) is 6.31. The molecule has 2 N–H and O–H groups in total. The fourth-order valence-corrected chi connectivity index (χ4v) is 4.45. The Labute approximate surface area is 187 Å². The molecule has 0 spiro atoms. The van der Waals surface area contributed by atoms with E-state index in [1.54, 1.807) is 18.2 Å². The molecule has 5 nitrogen and oxygen atoms in total. The molecule has 0 amide bonds. The van der Waals surface area contributed by atoms with Gasteiger partial charge in [0.15, 0.2) is 5.43 Å². The minimum atomic E-state index is 0.0388. The van der Waals surface area contributed by atoms with E-state index in [-0.39, 0.29) is 11.2 Å². The summed E-state index contributed by atoms with van der Waals surface area (Å²) < 4.78 is 0. The Morgan fingerprint density at radius 2 is 1.69 bits per heavy atom. The number of nitrogens with one attached hydrogen (secondary N) is 1. The van der Waals surface area contributed by atoms with Crippen molar-refractivity contribution in [3.63, 3.8) is 0 Å². The van der Waals surface area contributed by atoms with E-state index in [1.807, 2.05) is 48.5 Å². The summed E-state index contributed by atoms with van der Waals surface area (Å²) in [4.78, 5) is 22.0. The number of fused-ring (bicyclic) bond motifs is 1. The molecule has 0 saturated carbocycles. The molecular formula is C27H27N3O2. The van der Waals surface area contributed by atoms with Crippen LogP contribution in [0.1, 0.15) is 11.1 Å². The van der Waals surface area contributed by atoms with Crippen LogP contribution in [-0.2, 0) is 6.42 Å². The van der Waals surface area contributed by atoms with Crippen molar-refractivity contribution in [2.75, 3.05) is 38.1 Å². The molecule has 1 fully saturated rings. The third-order valence-electron chi connectivity index (χ3n) is 6.31. The van der Waals surface area contributed by atoms with Gasteiger partial charge in [-0.2, -0.15) is 0 Å². The van der Waals surface area contributed by atoms with Gasteiger partial charge in [0.05, 0.1) is 5.69 Å². The van der Waals surface area contributed by atoms with Gasteiger partial charge >= 0.3 is 0 Å². The summed E-state index contributed by atoms with van der Waals surface area (Å²) in [7, 11) is 2.14. The number of hydrogen-bond donors (Lipinski definition) is 2. The van der Waals surface area contributed by atoms with Crippen LogP contribution in [-0.4, -0.2) is 48.2 Å². The van der Waals surface area contributed by atoms with Crippen LogP contribution in [0.25, 0.3) is 22.2 Å². The zero-order valence-electron chi connectivity index (χ0n) is 18.2. The number of rotatable bonds is 4. The van der Waals surface area contributed by atoms with E-state index in [1.165, 1.54) is 0 Å². The van der Waals surface area contributed by atoms with Crippen molar-refractivity contribution >= 4 is 16.6 Å². The Bertz CT molecular complexity index is 1310. The SMILES string of the molecule is CN1CCN(c2ccc3[nH]c(-c4cccc(O)c4)c(Cc4ccccc4)c(=O)c3c2)CC1. The van der Waals surface area contributed by atoms with Crippen molar-refractivity contribution in [1.29, 1.82) is 0 Å². The molecule has 1 aliphatic rings. The Morgan fingerprint density at radius 3 is 2.44 bits per heavy atom. The second-order valence-corrected chi connectivity index (χ2v) is 8.54. The molecule has 5 heteroatoms. The van der Waals surface area contributed by atoms with Gasteiger partial charge in [-0.15, -0.1) is 0 Å². The van der Waals surface area contributed by atoms with Crippen molar-refractivity contribution < 1.29 is 5.11 Å². The number of likely N-dealkylation sites (N-methyl/N-ethyl adjacent to an activating group) is 1. The van der Waals surface area contributed by atoms with Crippen molar-refractivity contribution in [3.8, 4) is 17.0 Å². The molecule has 0 unspecified atom stereocenters. The number of aromatic nitrogens is 1. The number of benzene rings is 3. The van der Waals surface area contributed by atoms with Gasteiger partial charge in [-0.3, -0.25) is 4.79 Å². The van der Waals surface area contributed by atoms with Crippen LogP contribution < -0.4 is 10.3 Å². The lowest BCUT2D eigenvalue weighted by Gasteiger charge is -2.34. The monoisotopic (exact) mass is 425 g/mol. The van der Waals surface area contributed by atoms with Gasteiger partial charge in [-0.1, -0.05) is 42.5 Å². The smallest absolute Gasteiger partial charge is 0.193 e.